The van der Waals surface area contributed by atoms with Gasteiger partial charge in [0, 0.05) is 5.02 Å². The van der Waals surface area contributed by atoms with E-state index < -0.39 is 11.4 Å². The third-order valence-electron chi connectivity index (χ3n) is 2.99. The van der Waals surface area contributed by atoms with E-state index in [1.165, 1.54) is 18.2 Å². The summed E-state index contributed by atoms with van der Waals surface area (Å²) in [6, 6.07) is 12.7. The lowest BCUT2D eigenvalue weighted by molar-refractivity contribution is 0.469. The zero-order valence-electron chi connectivity index (χ0n) is 10.7. The molecule has 0 aliphatic heterocycles. The molecule has 0 saturated heterocycles. The first-order chi connectivity index (χ1) is 10.1. The van der Waals surface area contributed by atoms with E-state index in [4.69, 9.17) is 11.6 Å². The molecule has 0 radical (unpaired) electrons. The fourth-order valence-corrected chi connectivity index (χ4v) is 2.19. The predicted molar refractivity (Wildman–Crippen MR) is 78.7 cm³/mol. The Bertz CT molecular complexity index is 909. The first-order valence-corrected chi connectivity index (χ1v) is 6.44. The highest BCUT2D eigenvalue weighted by atomic mass is 35.5. The van der Waals surface area contributed by atoms with Gasteiger partial charge in [0.25, 0.3) is 0 Å². The van der Waals surface area contributed by atoms with E-state index in [-0.39, 0.29) is 11.4 Å². The van der Waals surface area contributed by atoms with Crippen LogP contribution in [0.2, 0.25) is 5.02 Å². The van der Waals surface area contributed by atoms with Crippen LogP contribution in [0.3, 0.4) is 0 Å². The second-order valence-corrected chi connectivity index (χ2v) is 4.78. The molecule has 0 aliphatic rings. The van der Waals surface area contributed by atoms with Crippen LogP contribution < -0.4 is 11.4 Å². The average Bonchev–Trinajstić information content (AvgIpc) is 2.77. The second-order valence-electron chi connectivity index (χ2n) is 4.34. The van der Waals surface area contributed by atoms with Gasteiger partial charge in [-0.15, -0.1) is 0 Å². The third-order valence-corrected chi connectivity index (χ3v) is 3.22. The fraction of sp³-hybridized carbons (Fsp3) is 0. The smallest absolute Gasteiger partial charge is 0.356 e. The van der Waals surface area contributed by atoms with Gasteiger partial charge < -0.3 is 5.11 Å². The van der Waals surface area contributed by atoms with Crippen LogP contribution in [-0.4, -0.2) is 19.5 Å². The van der Waals surface area contributed by atoms with Gasteiger partial charge in [-0.3, -0.25) is 0 Å². The van der Waals surface area contributed by atoms with Crippen molar-refractivity contribution in [1.82, 2.24) is 14.3 Å². The predicted octanol–water partition coefficient (Wildman–Crippen LogP) is 1.68. The Morgan fingerprint density at radius 3 is 2.48 bits per heavy atom. The summed E-state index contributed by atoms with van der Waals surface area (Å²) in [5, 5.41) is 12.6. The highest BCUT2D eigenvalue weighted by Gasteiger charge is 2.14. The van der Waals surface area contributed by atoms with Crippen LogP contribution in [0.15, 0.2) is 58.1 Å². The molecule has 0 aliphatic carbocycles. The minimum atomic E-state index is -0.622. The summed E-state index contributed by atoms with van der Waals surface area (Å²) in [6.45, 7) is 0. The van der Waals surface area contributed by atoms with Crippen LogP contribution in [0.25, 0.3) is 11.4 Å². The molecule has 2 aromatic carbocycles. The quantitative estimate of drug-likeness (QED) is 0.756. The summed E-state index contributed by atoms with van der Waals surface area (Å²) < 4.78 is 1.93. The number of benzene rings is 2. The zero-order valence-corrected chi connectivity index (χ0v) is 11.4. The number of aromatic hydroxyl groups is 1. The van der Waals surface area contributed by atoms with Gasteiger partial charge in [-0.25, -0.2) is 19.3 Å². The van der Waals surface area contributed by atoms with Crippen molar-refractivity contribution in [3.8, 4) is 17.1 Å². The van der Waals surface area contributed by atoms with Crippen LogP contribution in [0.5, 0.6) is 5.75 Å². The van der Waals surface area contributed by atoms with E-state index in [1.807, 2.05) is 0 Å². The number of halogens is 1. The molecule has 0 atom stereocenters. The number of phenolic OH excluding ortho intramolecular Hbond substituents is 1. The van der Waals surface area contributed by atoms with E-state index in [0.29, 0.717) is 10.7 Å². The number of hydrogen-bond donors (Lipinski definition) is 2. The first-order valence-electron chi connectivity index (χ1n) is 6.06. The molecule has 0 unspecified atom stereocenters. The molecule has 7 heteroatoms. The van der Waals surface area contributed by atoms with Crippen LogP contribution >= 0.6 is 11.6 Å². The maximum Gasteiger partial charge on any atom is 0.356 e. The lowest BCUT2D eigenvalue weighted by Crippen LogP contribution is -2.26. The Balaban J connectivity index is 2.26. The lowest BCUT2D eigenvalue weighted by Gasteiger charge is -2.04. The first kappa shape index (κ1) is 13.3. The van der Waals surface area contributed by atoms with E-state index in [2.05, 4.69) is 5.10 Å². The van der Waals surface area contributed by atoms with Gasteiger partial charge in [0.15, 0.2) is 0 Å². The number of para-hydroxylation sites is 1. The number of phenols is 1. The lowest BCUT2D eigenvalue weighted by atomic mass is 10.3. The monoisotopic (exact) mass is 303 g/mol. The third kappa shape index (κ3) is 2.25. The maximum absolute atomic E-state index is 12.4. The molecule has 0 fully saturated rings. The molecular formula is C14H10ClN3O3. The Morgan fingerprint density at radius 2 is 1.76 bits per heavy atom. The Labute approximate surface area is 123 Å². The normalized spacial score (nSPS) is 10.7. The van der Waals surface area contributed by atoms with Gasteiger partial charge in [-0.1, -0.05) is 29.8 Å². The summed E-state index contributed by atoms with van der Waals surface area (Å²) in [4.78, 5) is 24.4. The molecular weight excluding hydrogens is 294 g/mol. The molecule has 1 heterocycles. The molecule has 3 rings (SSSR count). The van der Waals surface area contributed by atoms with Crippen LogP contribution in [-0.2, 0) is 0 Å². The molecule has 0 saturated carbocycles. The molecule has 0 spiro atoms. The Morgan fingerprint density at radius 1 is 1.05 bits per heavy atom. The number of aromatic nitrogens is 3. The van der Waals surface area contributed by atoms with Gasteiger partial charge in [-0.2, -0.15) is 4.68 Å². The largest absolute Gasteiger partial charge is 0.506 e. The van der Waals surface area contributed by atoms with Gasteiger partial charge in [-0.05, 0) is 30.3 Å². The SMILES string of the molecule is O=c1[nH]n(-c2cc(Cl)ccc2O)c(=O)n1-c1ccccc1. The van der Waals surface area contributed by atoms with Gasteiger partial charge in [0.2, 0.25) is 0 Å². The van der Waals surface area contributed by atoms with E-state index in [1.54, 1.807) is 30.3 Å². The zero-order chi connectivity index (χ0) is 15.0. The molecule has 3 aromatic rings. The average molecular weight is 304 g/mol. The Hall–Kier alpha value is -2.73. The highest BCUT2D eigenvalue weighted by Crippen LogP contribution is 2.23. The molecule has 0 bridgehead atoms. The van der Waals surface area contributed by atoms with Gasteiger partial charge in [0.1, 0.15) is 11.4 Å². The molecule has 6 nitrogen and oxygen atoms in total. The topological polar surface area (TPSA) is 80.0 Å². The van der Waals surface area contributed by atoms with Crippen molar-refractivity contribution in [3.05, 3.63) is 74.5 Å². The van der Waals surface area contributed by atoms with Crippen molar-refractivity contribution >= 4 is 11.6 Å². The van der Waals surface area contributed by atoms with Crippen LogP contribution in [0, 0.1) is 0 Å². The van der Waals surface area contributed by atoms with Crippen molar-refractivity contribution in [2.45, 2.75) is 0 Å². The van der Waals surface area contributed by atoms with Crippen molar-refractivity contribution in [1.29, 1.82) is 0 Å². The summed E-state index contributed by atoms with van der Waals surface area (Å²) in [5.41, 5.74) is -0.683. The standard InChI is InChI=1S/C14H10ClN3O3/c15-9-6-7-12(19)11(8-9)18-14(21)17(13(20)16-18)10-4-2-1-3-5-10/h1-8,19H,(H,16,20). The number of rotatable bonds is 2. The second kappa shape index (κ2) is 4.99. The minimum absolute atomic E-state index is 0.110. The summed E-state index contributed by atoms with van der Waals surface area (Å²) in [6.07, 6.45) is 0. The Kier molecular flexibility index (Phi) is 3.15. The molecule has 21 heavy (non-hydrogen) atoms. The van der Waals surface area contributed by atoms with E-state index in [9.17, 15) is 14.7 Å². The summed E-state index contributed by atoms with van der Waals surface area (Å²) in [7, 11) is 0. The molecule has 2 N–H and O–H groups in total. The summed E-state index contributed by atoms with van der Waals surface area (Å²) in [5.74, 6) is -0.164. The molecule has 1 aromatic heterocycles. The number of aromatic amines is 1. The maximum atomic E-state index is 12.4. The van der Waals surface area contributed by atoms with Crippen molar-refractivity contribution in [3.63, 3.8) is 0 Å². The fourth-order valence-electron chi connectivity index (χ4n) is 2.02. The van der Waals surface area contributed by atoms with Gasteiger partial charge in [0.05, 0.1) is 5.69 Å². The molecule has 106 valence electrons. The van der Waals surface area contributed by atoms with Crippen molar-refractivity contribution < 1.29 is 5.11 Å². The van der Waals surface area contributed by atoms with Crippen LogP contribution in [0.4, 0.5) is 0 Å². The van der Waals surface area contributed by atoms with Gasteiger partial charge >= 0.3 is 11.4 Å². The number of hydrogen-bond acceptors (Lipinski definition) is 3. The van der Waals surface area contributed by atoms with Crippen molar-refractivity contribution in [2.75, 3.05) is 0 Å². The van der Waals surface area contributed by atoms with E-state index in [0.717, 1.165) is 9.25 Å². The van der Waals surface area contributed by atoms with Crippen molar-refractivity contribution in [2.24, 2.45) is 0 Å². The number of nitrogens with zero attached hydrogens (tertiary/aromatic N) is 2. The van der Waals surface area contributed by atoms with Crippen LogP contribution in [0.1, 0.15) is 0 Å². The minimum Gasteiger partial charge on any atom is -0.506 e. The highest BCUT2D eigenvalue weighted by molar-refractivity contribution is 6.30. The summed E-state index contributed by atoms with van der Waals surface area (Å²) >= 11 is 5.86. The number of nitrogens with one attached hydrogen (secondary N) is 1. The van der Waals surface area contributed by atoms with E-state index >= 15 is 0 Å². The molecule has 0 amide bonds. The number of H-pyrrole nitrogens is 1.